The Morgan fingerprint density at radius 3 is 2.74 bits per heavy atom. The Hall–Kier alpha value is -2.93. The van der Waals surface area contributed by atoms with E-state index in [2.05, 4.69) is 32.6 Å². The molecule has 0 spiro atoms. The number of pyridine rings is 1. The molecule has 4 rings (SSSR count). The third-order valence-electron chi connectivity index (χ3n) is 4.54. The lowest BCUT2D eigenvalue weighted by molar-refractivity contribution is -0.116. The summed E-state index contributed by atoms with van der Waals surface area (Å²) in [7, 11) is 0. The number of aromatic nitrogens is 3. The minimum absolute atomic E-state index is 0. The summed E-state index contributed by atoms with van der Waals surface area (Å²) in [6.45, 7) is 0.534. The number of thiophene rings is 1. The van der Waals surface area contributed by atoms with Crippen LogP contribution in [0.15, 0.2) is 73.1 Å². The quantitative estimate of drug-likeness (QED) is 0.343. The number of rotatable bonds is 7. The molecule has 0 bridgehead atoms. The Balaban J connectivity index is 0.00000272. The number of nitrogens with zero attached hydrogens (tertiary/aromatic N) is 2. The number of benzene rings is 1. The molecule has 0 radical (unpaired) electrons. The molecule has 4 aromatic rings. The first-order valence-electron chi connectivity index (χ1n) is 9.45. The van der Waals surface area contributed by atoms with Gasteiger partial charge < -0.3 is 5.32 Å². The molecule has 0 unspecified atom stereocenters. The summed E-state index contributed by atoms with van der Waals surface area (Å²) in [5.41, 5.74) is 4.78. The van der Waals surface area contributed by atoms with E-state index in [0.29, 0.717) is 10.9 Å². The van der Waals surface area contributed by atoms with Crippen LogP contribution in [0.25, 0.3) is 27.9 Å². The number of H-pyrrole nitrogens is 1. The molecule has 3 aromatic heterocycles. The molecule has 0 fully saturated rings. The summed E-state index contributed by atoms with van der Waals surface area (Å²) < 4.78 is 0.701. The SMILES string of the molecule is Cl.O=C(C=Cc1c[nH]nc1-c1ccc(Cl)s1)NCCc1ccccc1-c1ccccn1. The Morgan fingerprint density at radius 1 is 1.13 bits per heavy atom. The topological polar surface area (TPSA) is 70.7 Å². The van der Waals surface area contributed by atoms with Gasteiger partial charge in [0, 0.05) is 36.1 Å². The standard InChI is InChI=1S/C23H19ClN4OS.ClH/c24-21-10-9-20(30-21)23-17(15-27-28-23)8-11-22(29)26-14-12-16-5-1-2-6-18(16)19-7-3-4-13-25-19;/h1-11,13,15H,12,14H2,(H,26,29)(H,27,28);1H. The zero-order chi connectivity index (χ0) is 20.8. The Bertz CT molecular complexity index is 1170. The molecule has 0 aliphatic heterocycles. The lowest BCUT2D eigenvalue weighted by Gasteiger charge is -2.09. The van der Waals surface area contributed by atoms with Gasteiger partial charge in [-0.25, -0.2) is 0 Å². The summed E-state index contributed by atoms with van der Waals surface area (Å²) in [4.78, 5) is 17.7. The van der Waals surface area contributed by atoms with Gasteiger partial charge in [0.05, 0.1) is 14.9 Å². The van der Waals surface area contributed by atoms with Crippen LogP contribution in [-0.2, 0) is 11.2 Å². The second kappa shape index (κ2) is 10.9. The number of carbonyl (C=O) groups is 1. The molecule has 8 heteroatoms. The minimum atomic E-state index is -0.151. The maximum atomic E-state index is 12.3. The van der Waals surface area contributed by atoms with Crippen molar-refractivity contribution in [2.24, 2.45) is 0 Å². The molecule has 3 heterocycles. The molecule has 0 saturated carbocycles. The van der Waals surface area contributed by atoms with Crippen molar-refractivity contribution >= 4 is 47.3 Å². The number of amides is 1. The van der Waals surface area contributed by atoms with Crippen molar-refractivity contribution < 1.29 is 4.79 Å². The first kappa shape index (κ1) is 22.7. The summed E-state index contributed by atoms with van der Waals surface area (Å²) in [6.07, 6.45) is 7.54. The molecular formula is C23H20Cl2N4OS. The third-order valence-corrected chi connectivity index (χ3v) is 5.78. The highest BCUT2D eigenvalue weighted by Gasteiger charge is 2.09. The zero-order valence-electron chi connectivity index (χ0n) is 16.4. The van der Waals surface area contributed by atoms with Gasteiger partial charge >= 0.3 is 0 Å². The molecule has 1 amide bonds. The predicted molar refractivity (Wildman–Crippen MR) is 130 cm³/mol. The maximum absolute atomic E-state index is 12.3. The highest BCUT2D eigenvalue weighted by molar-refractivity contribution is 7.19. The van der Waals surface area contributed by atoms with Gasteiger partial charge in [0.25, 0.3) is 0 Å². The molecule has 31 heavy (non-hydrogen) atoms. The van der Waals surface area contributed by atoms with E-state index >= 15 is 0 Å². The molecule has 2 N–H and O–H groups in total. The second-order valence-electron chi connectivity index (χ2n) is 6.54. The predicted octanol–water partition coefficient (Wildman–Crippen LogP) is 5.65. The highest BCUT2D eigenvalue weighted by atomic mass is 35.5. The van der Waals surface area contributed by atoms with Crippen LogP contribution in [0.2, 0.25) is 4.34 Å². The van der Waals surface area contributed by atoms with E-state index in [-0.39, 0.29) is 18.3 Å². The number of hydrogen-bond donors (Lipinski definition) is 2. The van der Waals surface area contributed by atoms with Gasteiger partial charge in [-0.3, -0.25) is 14.9 Å². The number of halogens is 2. The number of hydrogen-bond acceptors (Lipinski definition) is 4. The molecule has 158 valence electrons. The summed E-state index contributed by atoms with van der Waals surface area (Å²) in [5.74, 6) is -0.151. The first-order valence-corrected chi connectivity index (χ1v) is 10.6. The van der Waals surface area contributed by atoms with E-state index in [1.807, 2.05) is 42.5 Å². The molecular weight excluding hydrogens is 451 g/mol. The number of aromatic amines is 1. The van der Waals surface area contributed by atoms with Crippen molar-refractivity contribution in [2.45, 2.75) is 6.42 Å². The van der Waals surface area contributed by atoms with Crippen LogP contribution in [0, 0.1) is 0 Å². The first-order chi connectivity index (χ1) is 14.7. The summed E-state index contributed by atoms with van der Waals surface area (Å²) in [6, 6.07) is 17.7. The minimum Gasteiger partial charge on any atom is -0.352 e. The van der Waals surface area contributed by atoms with Crippen molar-refractivity contribution in [3.63, 3.8) is 0 Å². The fourth-order valence-corrected chi connectivity index (χ4v) is 4.18. The Morgan fingerprint density at radius 2 is 1.97 bits per heavy atom. The van der Waals surface area contributed by atoms with Crippen molar-refractivity contribution in [1.29, 1.82) is 0 Å². The lowest BCUT2D eigenvalue weighted by atomic mass is 10.0. The average molecular weight is 471 g/mol. The van der Waals surface area contributed by atoms with Crippen molar-refractivity contribution in [3.05, 3.63) is 88.5 Å². The van der Waals surface area contributed by atoms with Crippen LogP contribution in [-0.4, -0.2) is 27.6 Å². The van der Waals surface area contributed by atoms with E-state index in [1.54, 1.807) is 18.5 Å². The monoisotopic (exact) mass is 470 g/mol. The smallest absolute Gasteiger partial charge is 0.244 e. The van der Waals surface area contributed by atoms with Gasteiger partial charge in [-0.1, -0.05) is 41.9 Å². The van der Waals surface area contributed by atoms with E-state index in [0.717, 1.165) is 39.4 Å². The van der Waals surface area contributed by atoms with Crippen molar-refractivity contribution in [3.8, 4) is 21.8 Å². The molecule has 0 aliphatic rings. The largest absolute Gasteiger partial charge is 0.352 e. The summed E-state index contributed by atoms with van der Waals surface area (Å²) >= 11 is 7.46. The van der Waals surface area contributed by atoms with Gasteiger partial charge in [0.15, 0.2) is 0 Å². The molecule has 1 aromatic carbocycles. The zero-order valence-corrected chi connectivity index (χ0v) is 18.8. The number of carbonyl (C=O) groups excluding carboxylic acids is 1. The van der Waals surface area contributed by atoms with Crippen molar-refractivity contribution in [1.82, 2.24) is 20.5 Å². The molecule has 5 nitrogen and oxygen atoms in total. The molecule has 0 saturated heterocycles. The number of nitrogens with one attached hydrogen (secondary N) is 2. The van der Waals surface area contributed by atoms with Gasteiger partial charge in [0.2, 0.25) is 5.91 Å². The fourth-order valence-electron chi connectivity index (χ4n) is 3.12. The van der Waals surface area contributed by atoms with Crippen LogP contribution in [0.3, 0.4) is 0 Å². The highest BCUT2D eigenvalue weighted by Crippen LogP contribution is 2.32. The van der Waals surface area contributed by atoms with E-state index in [9.17, 15) is 4.79 Å². The second-order valence-corrected chi connectivity index (χ2v) is 8.25. The average Bonchev–Trinajstić information content (AvgIpc) is 3.42. The van der Waals surface area contributed by atoms with Crippen LogP contribution >= 0.6 is 35.3 Å². The van der Waals surface area contributed by atoms with Crippen LogP contribution in [0.4, 0.5) is 0 Å². The normalized spacial score (nSPS) is 10.7. The van der Waals surface area contributed by atoms with Gasteiger partial charge in [0.1, 0.15) is 5.69 Å². The van der Waals surface area contributed by atoms with Crippen LogP contribution in [0.5, 0.6) is 0 Å². The van der Waals surface area contributed by atoms with E-state index in [1.165, 1.54) is 17.4 Å². The van der Waals surface area contributed by atoms with Gasteiger partial charge in [-0.05, 0) is 42.3 Å². The Kier molecular flexibility index (Phi) is 8.00. The molecule has 0 atom stereocenters. The Labute approximate surface area is 195 Å². The van der Waals surface area contributed by atoms with Gasteiger partial charge in [-0.15, -0.1) is 23.7 Å². The lowest BCUT2D eigenvalue weighted by Crippen LogP contribution is -2.23. The van der Waals surface area contributed by atoms with E-state index in [4.69, 9.17) is 11.6 Å². The maximum Gasteiger partial charge on any atom is 0.244 e. The third kappa shape index (κ3) is 5.82. The van der Waals surface area contributed by atoms with Crippen LogP contribution in [0.1, 0.15) is 11.1 Å². The molecule has 0 aliphatic carbocycles. The van der Waals surface area contributed by atoms with Crippen molar-refractivity contribution in [2.75, 3.05) is 6.54 Å². The summed E-state index contributed by atoms with van der Waals surface area (Å²) in [5, 5.41) is 10.0. The fraction of sp³-hybridized carbons (Fsp3) is 0.0870. The van der Waals surface area contributed by atoms with Crippen LogP contribution < -0.4 is 5.32 Å². The van der Waals surface area contributed by atoms with E-state index < -0.39 is 0 Å². The van der Waals surface area contributed by atoms with Gasteiger partial charge in [-0.2, -0.15) is 5.10 Å².